The number of methoxy groups -OCH3 is 1. The number of benzene rings is 2. The third kappa shape index (κ3) is 3.84. The predicted octanol–water partition coefficient (Wildman–Crippen LogP) is 4.70. The lowest BCUT2D eigenvalue weighted by Crippen LogP contribution is -2.20. The van der Waals surface area contributed by atoms with Crippen LogP contribution in [0.3, 0.4) is 0 Å². The van der Waals surface area contributed by atoms with Gasteiger partial charge in [0, 0.05) is 22.6 Å². The second kappa shape index (κ2) is 7.46. The normalized spacial score (nSPS) is 12.2. The predicted molar refractivity (Wildman–Crippen MR) is 87.0 cm³/mol. The fourth-order valence-corrected chi connectivity index (χ4v) is 2.71. The summed E-state index contributed by atoms with van der Waals surface area (Å²) in [6.07, 6.45) is 1.06. The van der Waals surface area contributed by atoms with Crippen molar-refractivity contribution in [2.45, 2.75) is 25.9 Å². The molecule has 2 aromatic rings. The van der Waals surface area contributed by atoms with E-state index in [2.05, 4.69) is 58.5 Å². The number of rotatable bonds is 6. The molecule has 0 fully saturated rings. The number of hydrogen-bond acceptors (Lipinski definition) is 2. The van der Waals surface area contributed by atoms with Crippen LogP contribution in [-0.4, -0.2) is 7.11 Å². The zero-order valence-corrected chi connectivity index (χ0v) is 13.5. The molecule has 20 heavy (non-hydrogen) atoms. The fourth-order valence-electron chi connectivity index (χ4n) is 2.30. The Morgan fingerprint density at radius 2 is 1.90 bits per heavy atom. The summed E-state index contributed by atoms with van der Waals surface area (Å²) in [5.41, 5.74) is 2.49. The van der Waals surface area contributed by atoms with E-state index in [9.17, 15) is 0 Å². The lowest BCUT2D eigenvalue weighted by molar-refractivity contribution is 0.404. The van der Waals surface area contributed by atoms with Crippen LogP contribution >= 0.6 is 15.9 Å². The van der Waals surface area contributed by atoms with Crippen molar-refractivity contribution >= 4 is 15.9 Å². The molecular weight excluding hydrogens is 314 g/mol. The number of hydrogen-bond donors (Lipinski definition) is 1. The summed E-state index contributed by atoms with van der Waals surface area (Å²) in [7, 11) is 1.71. The van der Waals surface area contributed by atoms with E-state index in [-0.39, 0.29) is 0 Å². The molecule has 0 aliphatic carbocycles. The first-order chi connectivity index (χ1) is 9.74. The molecule has 0 amide bonds. The summed E-state index contributed by atoms with van der Waals surface area (Å²) in [5, 5.41) is 3.60. The molecule has 0 aliphatic heterocycles. The Hall–Kier alpha value is -1.32. The van der Waals surface area contributed by atoms with E-state index >= 15 is 0 Å². The van der Waals surface area contributed by atoms with Gasteiger partial charge in [-0.15, -0.1) is 0 Å². The first-order valence-corrected chi connectivity index (χ1v) is 7.64. The second-order valence-electron chi connectivity index (χ2n) is 4.71. The van der Waals surface area contributed by atoms with Gasteiger partial charge in [-0.2, -0.15) is 0 Å². The Labute approximate surface area is 129 Å². The molecule has 0 heterocycles. The van der Waals surface area contributed by atoms with Gasteiger partial charge in [-0.3, -0.25) is 0 Å². The molecule has 1 unspecified atom stereocenters. The Kier molecular flexibility index (Phi) is 5.62. The van der Waals surface area contributed by atoms with Gasteiger partial charge >= 0.3 is 0 Å². The second-order valence-corrected chi connectivity index (χ2v) is 5.62. The van der Waals surface area contributed by atoms with Crippen molar-refractivity contribution in [1.82, 2.24) is 5.32 Å². The van der Waals surface area contributed by atoms with Gasteiger partial charge in [-0.25, -0.2) is 0 Å². The summed E-state index contributed by atoms with van der Waals surface area (Å²) in [6, 6.07) is 17.0. The number of ether oxygens (including phenoxy) is 1. The largest absolute Gasteiger partial charge is 0.496 e. The fraction of sp³-hybridized carbons (Fsp3) is 0.294. The Bertz CT molecular complexity index is 542. The summed E-state index contributed by atoms with van der Waals surface area (Å²) < 4.78 is 6.48. The van der Waals surface area contributed by atoms with Gasteiger partial charge in [-0.05, 0) is 30.2 Å². The van der Waals surface area contributed by atoms with Crippen LogP contribution in [-0.2, 0) is 6.54 Å². The summed E-state index contributed by atoms with van der Waals surface area (Å²) >= 11 is 3.51. The molecule has 0 bridgehead atoms. The Morgan fingerprint density at radius 3 is 2.55 bits per heavy atom. The van der Waals surface area contributed by atoms with E-state index in [0.29, 0.717) is 6.04 Å². The van der Waals surface area contributed by atoms with Crippen LogP contribution in [0.4, 0.5) is 0 Å². The number of nitrogens with one attached hydrogen (secondary N) is 1. The molecule has 0 radical (unpaired) electrons. The maximum Gasteiger partial charge on any atom is 0.123 e. The molecule has 0 saturated heterocycles. The molecule has 1 N–H and O–H groups in total. The molecule has 2 nitrogen and oxygen atoms in total. The van der Waals surface area contributed by atoms with Crippen molar-refractivity contribution in [3.8, 4) is 5.75 Å². The molecule has 0 aliphatic rings. The first-order valence-electron chi connectivity index (χ1n) is 6.85. The van der Waals surface area contributed by atoms with Crippen LogP contribution in [0.15, 0.2) is 53.0 Å². The van der Waals surface area contributed by atoms with Gasteiger partial charge in [0.15, 0.2) is 0 Å². The van der Waals surface area contributed by atoms with Crippen LogP contribution < -0.4 is 10.1 Å². The molecular formula is C17H20BrNO. The minimum Gasteiger partial charge on any atom is -0.496 e. The molecule has 0 saturated carbocycles. The van der Waals surface area contributed by atoms with Gasteiger partial charge in [-0.1, -0.05) is 53.2 Å². The third-order valence-electron chi connectivity index (χ3n) is 3.39. The van der Waals surface area contributed by atoms with Crippen molar-refractivity contribution in [2.75, 3.05) is 7.11 Å². The summed E-state index contributed by atoms with van der Waals surface area (Å²) in [6.45, 7) is 2.98. The van der Waals surface area contributed by atoms with Crippen LogP contribution in [0.25, 0.3) is 0 Å². The minimum atomic E-state index is 0.361. The zero-order chi connectivity index (χ0) is 14.4. The molecule has 0 spiro atoms. The number of halogens is 1. The van der Waals surface area contributed by atoms with Crippen LogP contribution in [0.5, 0.6) is 5.75 Å². The average molecular weight is 334 g/mol. The third-order valence-corrected chi connectivity index (χ3v) is 3.88. The van der Waals surface area contributed by atoms with E-state index < -0.39 is 0 Å². The lowest BCUT2D eigenvalue weighted by atomic mass is 10.0. The quantitative estimate of drug-likeness (QED) is 0.827. The monoisotopic (exact) mass is 333 g/mol. The van der Waals surface area contributed by atoms with E-state index in [1.165, 1.54) is 5.56 Å². The summed E-state index contributed by atoms with van der Waals surface area (Å²) in [5.74, 6) is 0.920. The van der Waals surface area contributed by atoms with E-state index in [0.717, 1.165) is 28.8 Å². The van der Waals surface area contributed by atoms with Crippen LogP contribution in [0, 0.1) is 0 Å². The Balaban J connectivity index is 2.09. The van der Waals surface area contributed by atoms with Crippen molar-refractivity contribution in [2.24, 2.45) is 0 Å². The van der Waals surface area contributed by atoms with Crippen molar-refractivity contribution in [3.05, 3.63) is 64.1 Å². The highest BCUT2D eigenvalue weighted by molar-refractivity contribution is 9.10. The lowest BCUT2D eigenvalue weighted by Gasteiger charge is -2.18. The molecule has 2 rings (SSSR count). The van der Waals surface area contributed by atoms with Crippen molar-refractivity contribution in [1.29, 1.82) is 0 Å². The standard InChI is InChI=1S/C17H20BrNO/c1-3-16(13-7-5-4-6-8-13)19-12-14-11-15(18)9-10-17(14)20-2/h4-11,16,19H,3,12H2,1-2H3. The maximum absolute atomic E-state index is 5.41. The Morgan fingerprint density at radius 1 is 1.15 bits per heavy atom. The molecule has 2 aromatic carbocycles. The maximum atomic E-state index is 5.41. The smallest absolute Gasteiger partial charge is 0.123 e. The van der Waals surface area contributed by atoms with E-state index in [1.807, 2.05) is 18.2 Å². The first kappa shape index (κ1) is 15.1. The van der Waals surface area contributed by atoms with Crippen LogP contribution in [0.2, 0.25) is 0 Å². The molecule has 106 valence electrons. The van der Waals surface area contributed by atoms with Gasteiger partial charge in [0.2, 0.25) is 0 Å². The van der Waals surface area contributed by atoms with Gasteiger partial charge in [0.25, 0.3) is 0 Å². The molecule has 0 aromatic heterocycles. The highest BCUT2D eigenvalue weighted by Gasteiger charge is 2.10. The topological polar surface area (TPSA) is 21.3 Å². The minimum absolute atomic E-state index is 0.361. The zero-order valence-electron chi connectivity index (χ0n) is 11.9. The van der Waals surface area contributed by atoms with E-state index in [1.54, 1.807) is 7.11 Å². The van der Waals surface area contributed by atoms with Gasteiger partial charge in [0.05, 0.1) is 7.11 Å². The molecule has 3 heteroatoms. The highest BCUT2D eigenvalue weighted by atomic mass is 79.9. The van der Waals surface area contributed by atoms with Crippen molar-refractivity contribution in [3.63, 3.8) is 0 Å². The molecule has 1 atom stereocenters. The summed E-state index contributed by atoms with van der Waals surface area (Å²) in [4.78, 5) is 0. The van der Waals surface area contributed by atoms with Gasteiger partial charge < -0.3 is 10.1 Å². The highest BCUT2D eigenvalue weighted by Crippen LogP contribution is 2.24. The average Bonchev–Trinajstić information content (AvgIpc) is 2.49. The SMILES string of the molecule is CCC(NCc1cc(Br)ccc1OC)c1ccccc1. The van der Waals surface area contributed by atoms with Crippen LogP contribution in [0.1, 0.15) is 30.5 Å². The van der Waals surface area contributed by atoms with Crippen molar-refractivity contribution < 1.29 is 4.74 Å². The van der Waals surface area contributed by atoms with Gasteiger partial charge in [0.1, 0.15) is 5.75 Å². The van der Waals surface area contributed by atoms with E-state index in [4.69, 9.17) is 4.74 Å².